The van der Waals surface area contributed by atoms with Crippen LogP contribution in [0, 0.1) is 11.3 Å². The van der Waals surface area contributed by atoms with Crippen molar-refractivity contribution in [1.29, 1.82) is 0 Å². The first kappa shape index (κ1) is 12.8. The molecule has 0 heterocycles. The second kappa shape index (κ2) is 5.20. The molecule has 0 aromatic heterocycles. The average molecular weight is 232 g/mol. The zero-order valence-corrected chi connectivity index (χ0v) is 10.7. The third kappa shape index (κ3) is 3.37. The van der Waals surface area contributed by atoms with Crippen LogP contribution in [0.1, 0.15) is 46.5 Å². The summed E-state index contributed by atoms with van der Waals surface area (Å²) in [6.07, 6.45) is 5.12. The van der Waals surface area contributed by atoms with E-state index in [0.717, 1.165) is 0 Å². The zero-order chi connectivity index (χ0) is 11.5. The quantitative estimate of drug-likeness (QED) is 0.741. The first-order valence-electron chi connectivity index (χ1n) is 5.84. The van der Waals surface area contributed by atoms with Crippen molar-refractivity contribution >= 4 is 17.5 Å². The van der Waals surface area contributed by atoms with Gasteiger partial charge >= 0.3 is 0 Å². The lowest BCUT2D eigenvalue weighted by molar-refractivity contribution is -0.129. The first-order valence-corrected chi connectivity index (χ1v) is 6.38. The lowest BCUT2D eigenvalue weighted by Gasteiger charge is -2.26. The second-order valence-electron chi connectivity index (χ2n) is 5.32. The highest BCUT2D eigenvalue weighted by atomic mass is 35.5. The van der Waals surface area contributed by atoms with Crippen molar-refractivity contribution in [3.8, 4) is 0 Å². The Morgan fingerprint density at radius 2 is 2.00 bits per heavy atom. The third-order valence-electron chi connectivity index (χ3n) is 3.41. The first-order chi connectivity index (χ1) is 6.97. The standard InChI is InChI=1S/C12H22ClNO/c1-9(10-6-4-5-7-10)14-11(15)12(2,3)8-13/h9-10H,4-8H2,1-3H3,(H,14,15)/t9-/m0/s1. The van der Waals surface area contributed by atoms with E-state index in [2.05, 4.69) is 12.2 Å². The predicted octanol–water partition coefficient (Wildman–Crippen LogP) is 2.95. The van der Waals surface area contributed by atoms with E-state index in [-0.39, 0.29) is 5.91 Å². The molecule has 0 aromatic carbocycles. The summed E-state index contributed by atoms with van der Waals surface area (Å²) in [7, 11) is 0. The molecule has 2 nitrogen and oxygen atoms in total. The minimum Gasteiger partial charge on any atom is -0.353 e. The van der Waals surface area contributed by atoms with Crippen LogP contribution in [-0.2, 0) is 4.79 Å². The lowest BCUT2D eigenvalue weighted by Crippen LogP contribution is -2.45. The van der Waals surface area contributed by atoms with Crippen LogP contribution in [0.2, 0.25) is 0 Å². The van der Waals surface area contributed by atoms with E-state index in [4.69, 9.17) is 11.6 Å². The lowest BCUT2D eigenvalue weighted by atomic mass is 9.93. The van der Waals surface area contributed by atoms with Gasteiger partial charge in [-0.2, -0.15) is 0 Å². The fourth-order valence-corrected chi connectivity index (χ4v) is 2.16. The molecule has 1 amide bonds. The molecule has 1 atom stereocenters. The molecule has 0 radical (unpaired) electrons. The molecule has 3 heteroatoms. The number of rotatable bonds is 4. The fourth-order valence-electron chi connectivity index (χ4n) is 2.04. The van der Waals surface area contributed by atoms with E-state index in [1.54, 1.807) is 0 Å². The molecule has 1 aliphatic rings. The number of halogens is 1. The van der Waals surface area contributed by atoms with Crippen molar-refractivity contribution in [2.45, 2.75) is 52.5 Å². The van der Waals surface area contributed by atoms with Crippen molar-refractivity contribution in [2.75, 3.05) is 5.88 Å². The maximum absolute atomic E-state index is 11.9. The summed E-state index contributed by atoms with van der Waals surface area (Å²) in [4.78, 5) is 11.9. The van der Waals surface area contributed by atoms with Crippen molar-refractivity contribution in [1.82, 2.24) is 5.32 Å². The molecular formula is C12H22ClNO. The van der Waals surface area contributed by atoms with Crippen LogP contribution in [0.5, 0.6) is 0 Å². The smallest absolute Gasteiger partial charge is 0.227 e. The Balaban J connectivity index is 2.43. The Bertz CT molecular complexity index is 222. The highest BCUT2D eigenvalue weighted by Crippen LogP contribution is 2.28. The van der Waals surface area contributed by atoms with Gasteiger partial charge in [-0.05, 0) is 39.5 Å². The zero-order valence-electron chi connectivity index (χ0n) is 9.98. The molecule has 0 bridgehead atoms. The van der Waals surface area contributed by atoms with E-state index in [0.29, 0.717) is 17.8 Å². The van der Waals surface area contributed by atoms with Gasteiger partial charge in [-0.25, -0.2) is 0 Å². The van der Waals surface area contributed by atoms with Crippen molar-refractivity contribution < 1.29 is 4.79 Å². The van der Waals surface area contributed by atoms with Gasteiger partial charge in [-0.3, -0.25) is 4.79 Å². The monoisotopic (exact) mass is 231 g/mol. The van der Waals surface area contributed by atoms with Gasteiger partial charge in [0.2, 0.25) is 5.91 Å². The molecule has 1 rings (SSSR count). The van der Waals surface area contributed by atoms with Crippen molar-refractivity contribution in [2.24, 2.45) is 11.3 Å². The second-order valence-corrected chi connectivity index (χ2v) is 5.59. The van der Waals surface area contributed by atoms with Crippen LogP contribution in [0.15, 0.2) is 0 Å². The van der Waals surface area contributed by atoms with Gasteiger partial charge in [0, 0.05) is 11.9 Å². The minimum absolute atomic E-state index is 0.0805. The summed E-state index contributed by atoms with van der Waals surface area (Å²) >= 11 is 5.77. The molecule has 0 saturated heterocycles. The topological polar surface area (TPSA) is 29.1 Å². The molecule has 1 aliphatic carbocycles. The fraction of sp³-hybridized carbons (Fsp3) is 0.917. The summed E-state index contributed by atoms with van der Waals surface area (Å²) in [6.45, 7) is 5.88. The molecule has 1 N–H and O–H groups in total. The highest BCUT2D eigenvalue weighted by molar-refractivity contribution is 6.19. The van der Waals surface area contributed by atoms with Gasteiger partial charge < -0.3 is 5.32 Å². The number of amides is 1. The summed E-state index contributed by atoms with van der Waals surface area (Å²) < 4.78 is 0. The Morgan fingerprint density at radius 3 is 2.47 bits per heavy atom. The average Bonchev–Trinajstić information content (AvgIpc) is 2.70. The molecule has 0 aliphatic heterocycles. The van der Waals surface area contributed by atoms with Crippen molar-refractivity contribution in [3.05, 3.63) is 0 Å². The van der Waals surface area contributed by atoms with E-state index >= 15 is 0 Å². The number of carbonyl (C=O) groups excluding carboxylic acids is 1. The molecule has 0 spiro atoms. The Hall–Kier alpha value is -0.240. The van der Waals surface area contributed by atoms with Crippen LogP contribution < -0.4 is 5.32 Å². The summed E-state index contributed by atoms with van der Waals surface area (Å²) in [5, 5.41) is 3.09. The van der Waals surface area contributed by atoms with E-state index < -0.39 is 5.41 Å². The largest absolute Gasteiger partial charge is 0.353 e. The molecule has 1 fully saturated rings. The van der Waals surface area contributed by atoms with E-state index in [1.807, 2.05) is 13.8 Å². The number of hydrogen-bond acceptors (Lipinski definition) is 1. The highest BCUT2D eigenvalue weighted by Gasteiger charge is 2.30. The Kier molecular flexibility index (Phi) is 4.45. The van der Waals surface area contributed by atoms with Gasteiger partial charge in [-0.1, -0.05) is 12.8 Å². The Labute approximate surface area is 97.8 Å². The van der Waals surface area contributed by atoms with Crippen LogP contribution in [0.3, 0.4) is 0 Å². The summed E-state index contributed by atoms with van der Waals surface area (Å²) in [6, 6.07) is 0.294. The number of alkyl halides is 1. The molecule has 1 saturated carbocycles. The molecule has 0 unspecified atom stereocenters. The third-order valence-corrected chi connectivity index (χ3v) is 4.08. The van der Waals surface area contributed by atoms with Gasteiger partial charge in [0.1, 0.15) is 0 Å². The van der Waals surface area contributed by atoms with Crippen molar-refractivity contribution in [3.63, 3.8) is 0 Å². The summed E-state index contributed by atoms with van der Waals surface area (Å²) in [5.41, 5.74) is -0.450. The predicted molar refractivity (Wildman–Crippen MR) is 64.1 cm³/mol. The molecule has 88 valence electrons. The number of nitrogens with one attached hydrogen (secondary N) is 1. The maximum atomic E-state index is 11.9. The SMILES string of the molecule is C[C@H](NC(=O)C(C)(C)CCl)C1CCCC1. The van der Waals surface area contributed by atoms with Gasteiger partial charge in [0.15, 0.2) is 0 Å². The van der Waals surface area contributed by atoms with Gasteiger partial charge in [-0.15, -0.1) is 11.6 Å². The van der Waals surface area contributed by atoms with Gasteiger partial charge in [0.25, 0.3) is 0 Å². The van der Waals surface area contributed by atoms with Crippen LogP contribution in [0.25, 0.3) is 0 Å². The number of hydrogen-bond donors (Lipinski definition) is 1. The minimum atomic E-state index is -0.450. The molecule has 0 aromatic rings. The Morgan fingerprint density at radius 1 is 1.47 bits per heavy atom. The van der Waals surface area contributed by atoms with E-state index in [1.165, 1.54) is 25.7 Å². The molecule has 15 heavy (non-hydrogen) atoms. The van der Waals surface area contributed by atoms with Crippen LogP contribution >= 0.6 is 11.6 Å². The maximum Gasteiger partial charge on any atom is 0.227 e. The molecular weight excluding hydrogens is 210 g/mol. The summed E-state index contributed by atoms with van der Waals surface area (Å²) in [5.74, 6) is 1.12. The van der Waals surface area contributed by atoms with E-state index in [9.17, 15) is 4.79 Å². The van der Waals surface area contributed by atoms with Crippen LogP contribution in [0.4, 0.5) is 0 Å². The van der Waals surface area contributed by atoms with Gasteiger partial charge in [0.05, 0.1) is 5.41 Å². The number of carbonyl (C=O) groups is 1. The normalized spacial score (nSPS) is 20.3. The van der Waals surface area contributed by atoms with Crippen LogP contribution in [-0.4, -0.2) is 17.8 Å².